The predicted molar refractivity (Wildman–Crippen MR) is 61.2 cm³/mol. The van der Waals surface area contributed by atoms with Gasteiger partial charge in [0.1, 0.15) is 0 Å². The zero-order valence-electron chi connectivity index (χ0n) is 10.1. The third kappa shape index (κ3) is 2.71. The quantitative estimate of drug-likeness (QED) is 0.836. The lowest BCUT2D eigenvalue weighted by atomic mass is 10.0. The van der Waals surface area contributed by atoms with Crippen LogP contribution in [0.4, 0.5) is 4.39 Å². The van der Waals surface area contributed by atoms with Crippen molar-refractivity contribution < 1.29 is 13.9 Å². The standard InChI is InChI=1S/C12H18FNO2/c1-8(15-3)12(14-2)9-5-6-11(16-4)10(13)7-9/h5-8,12,14H,1-4H3. The summed E-state index contributed by atoms with van der Waals surface area (Å²) < 4.78 is 23.6. The lowest BCUT2D eigenvalue weighted by Gasteiger charge is -2.23. The second-order valence-electron chi connectivity index (χ2n) is 3.60. The van der Waals surface area contributed by atoms with Gasteiger partial charge in [-0.15, -0.1) is 0 Å². The number of benzene rings is 1. The second-order valence-corrected chi connectivity index (χ2v) is 3.60. The Morgan fingerprint density at radius 3 is 2.44 bits per heavy atom. The van der Waals surface area contributed by atoms with E-state index in [-0.39, 0.29) is 23.7 Å². The van der Waals surface area contributed by atoms with Crippen LogP contribution in [0.5, 0.6) is 5.75 Å². The molecule has 0 aliphatic carbocycles. The fraction of sp³-hybridized carbons (Fsp3) is 0.500. The van der Waals surface area contributed by atoms with Crippen molar-refractivity contribution >= 4 is 0 Å². The van der Waals surface area contributed by atoms with E-state index in [0.717, 1.165) is 5.56 Å². The maximum absolute atomic E-state index is 13.5. The Morgan fingerprint density at radius 1 is 1.31 bits per heavy atom. The number of likely N-dealkylation sites (N-methyl/N-ethyl adjacent to an activating group) is 1. The van der Waals surface area contributed by atoms with Crippen LogP contribution < -0.4 is 10.1 Å². The summed E-state index contributed by atoms with van der Waals surface area (Å²) >= 11 is 0. The molecule has 1 rings (SSSR count). The van der Waals surface area contributed by atoms with E-state index in [1.807, 2.05) is 20.0 Å². The van der Waals surface area contributed by atoms with Crippen LogP contribution in [-0.4, -0.2) is 27.4 Å². The van der Waals surface area contributed by atoms with Gasteiger partial charge in [-0.1, -0.05) is 6.07 Å². The zero-order valence-corrected chi connectivity index (χ0v) is 10.1. The van der Waals surface area contributed by atoms with E-state index in [0.29, 0.717) is 0 Å². The highest BCUT2D eigenvalue weighted by Crippen LogP contribution is 2.24. The van der Waals surface area contributed by atoms with Gasteiger partial charge in [-0.25, -0.2) is 4.39 Å². The van der Waals surface area contributed by atoms with E-state index >= 15 is 0 Å². The molecule has 0 aliphatic heterocycles. The van der Waals surface area contributed by atoms with Crippen molar-refractivity contribution in [2.45, 2.75) is 19.1 Å². The summed E-state index contributed by atoms with van der Waals surface area (Å²) in [6.45, 7) is 1.93. The van der Waals surface area contributed by atoms with Gasteiger partial charge in [-0.05, 0) is 31.7 Å². The lowest BCUT2D eigenvalue weighted by Crippen LogP contribution is -2.28. The van der Waals surface area contributed by atoms with Gasteiger partial charge >= 0.3 is 0 Å². The molecule has 3 nitrogen and oxygen atoms in total. The minimum absolute atomic E-state index is 0.0298. The first-order chi connectivity index (χ1) is 7.63. The Kier molecular flexibility index (Phi) is 4.71. The molecule has 2 atom stereocenters. The van der Waals surface area contributed by atoms with Crippen LogP contribution in [0.15, 0.2) is 18.2 Å². The van der Waals surface area contributed by atoms with Gasteiger partial charge < -0.3 is 14.8 Å². The van der Waals surface area contributed by atoms with E-state index in [1.54, 1.807) is 13.2 Å². The third-order valence-corrected chi connectivity index (χ3v) is 2.69. The monoisotopic (exact) mass is 227 g/mol. The predicted octanol–water partition coefficient (Wildman–Crippen LogP) is 2.13. The Labute approximate surface area is 95.6 Å². The molecule has 0 radical (unpaired) electrons. The highest BCUT2D eigenvalue weighted by molar-refractivity contribution is 5.31. The molecule has 0 saturated carbocycles. The highest BCUT2D eigenvalue weighted by atomic mass is 19.1. The molecule has 4 heteroatoms. The van der Waals surface area contributed by atoms with Gasteiger partial charge in [-0.3, -0.25) is 0 Å². The van der Waals surface area contributed by atoms with Gasteiger partial charge in [0.15, 0.2) is 11.6 Å². The van der Waals surface area contributed by atoms with Crippen LogP contribution in [0.25, 0.3) is 0 Å². The minimum Gasteiger partial charge on any atom is -0.494 e. The Morgan fingerprint density at radius 2 is 2.00 bits per heavy atom. The van der Waals surface area contributed by atoms with E-state index < -0.39 is 0 Å². The van der Waals surface area contributed by atoms with E-state index in [4.69, 9.17) is 9.47 Å². The largest absolute Gasteiger partial charge is 0.494 e. The van der Waals surface area contributed by atoms with Crippen molar-refractivity contribution in [3.05, 3.63) is 29.6 Å². The Balaban J connectivity index is 2.98. The molecule has 2 unspecified atom stereocenters. The molecule has 0 amide bonds. The van der Waals surface area contributed by atoms with Gasteiger partial charge in [0.05, 0.1) is 19.3 Å². The first-order valence-electron chi connectivity index (χ1n) is 5.17. The van der Waals surface area contributed by atoms with Crippen molar-refractivity contribution in [2.75, 3.05) is 21.3 Å². The van der Waals surface area contributed by atoms with Crippen molar-refractivity contribution in [3.63, 3.8) is 0 Å². The summed E-state index contributed by atoms with van der Waals surface area (Å²) in [5, 5.41) is 3.10. The second kappa shape index (κ2) is 5.82. The molecule has 1 aromatic carbocycles. The van der Waals surface area contributed by atoms with Crippen molar-refractivity contribution in [3.8, 4) is 5.75 Å². The van der Waals surface area contributed by atoms with Crippen LogP contribution in [0.2, 0.25) is 0 Å². The highest BCUT2D eigenvalue weighted by Gasteiger charge is 2.18. The van der Waals surface area contributed by atoms with Crippen LogP contribution in [-0.2, 0) is 4.74 Å². The summed E-state index contributed by atoms with van der Waals surface area (Å²) in [7, 11) is 4.91. The zero-order chi connectivity index (χ0) is 12.1. The molecule has 0 aromatic heterocycles. The van der Waals surface area contributed by atoms with Crippen LogP contribution in [0.3, 0.4) is 0 Å². The number of hydrogen-bond acceptors (Lipinski definition) is 3. The van der Waals surface area contributed by atoms with Gasteiger partial charge in [0.25, 0.3) is 0 Å². The Bertz CT molecular complexity index is 344. The summed E-state index contributed by atoms with van der Waals surface area (Å²) in [5.74, 6) is -0.104. The number of rotatable bonds is 5. The molecule has 0 aliphatic rings. The van der Waals surface area contributed by atoms with Gasteiger partial charge in [0, 0.05) is 7.11 Å². The number of ether oxygens (including phenoxy) is 2. The summed E-state index contributed by atoms with van der Waals surface area (Å²) in [5.41, 5.74) is 0.843. The SMILES string of the molecule is CNC(c1ccc(OC)c(F)c1)C(C)OC. The fourth-order valence-corrected chi connectivity index (χ4v) is 1.68. The molecule has 0 heterocycles. The van der Waals surface area contributed by atoms with Crippen LogP contribution >= 0.6 is 0 Å². The topological polar surface area (TPSA) is 30.5 Å². The molecular formula is C12H18FNO2. The summed E-state index contributed by atoms with van der Waals surface area (Å²) in [4.78, 5) is 0. The van der Waals surface area contributed by atoms with Crippen LogP contribution in [0.1, 0.15) is 18.5 Å². The third-order valence-electron chi connectivity index (χ3n) is 2.69. The molecule has 1 N–H and O–H groups in total. The van der Waals surface area contributed by atoms with Gasteiger partial charge in [-0.2, -0.15) is 0 Å². The molecule has 0 spiro atoms. The number of methoxy groups -OCH3 is 2. The average molecular weight is 227 g/mol. The van der Waals surface area contributed by atoms with E-state index in [1.165, 1.54) is 13.2 Å². The first-order valence-corrected chi connectivity index (χ1v) is 5.17. The fourth-order valence-electron chi connectivity index (χ4n) is 1.68. The molecule has 0 fully saturated rings. The Hall–Kier alpha value is -1.13. The average Bonchev–Trinajstić information content (AvgIpc) is 2.30. The normalized spacial score (nSPS) is 14.6. The maximum Gasteiger partial charge on any atom is 0.165 e. The van der Waals surface area contributed by atoms with Crippen molar-refractivity contribution in [1.29, 1.82) is 0 Å². The minimum atomic E-state index is -0.358. The molecule has 0 saturated heterocycles. The molecule has 16 heavy (non-hydrogen) atoms. The van der Waals surface area contributed by atoms with Crippen LogP contribution in [0, 0.1) is 5.82 Å². The van der Waals surface area contributed by atoms with E-state index in [2.05, 4.69) is 5.32 Å². The maximum atomic E-state index is 13.5. The van der Waals surface area contributed by atoms with Crippen molar-refractivity contribution in [1.82, 2.24) is 5.32 Å². The van der Waals surface area contributed by atoms with Crippen molar-refractivity contribution in [2.24, 2.45) is 0 Å². The smallest absolute Gasteiger partial charge is 0.165 e. The lowest BCUT2D eigenvalue weighted by molar-refractivity contribution is 0.0855. The molecular weight excluding hydrogens is 209 g/mol. The molecule has 0 bridgehead atoms. The van der Waals surface area contributed by atoms with Gasteiger partial charge in [0.2, 0.25) is 0 Å². The molecule has 90 valence electrons. The summed E-state index contributed by atoms with van der Waals surface area (Å²) in [6, 6.07) is 4.89. The molecule has 1 aromatic rings. The summed E-state index contributed by atoms with van der Waals surface area (Å²) in [6.07, 6.45) is -0.0298. The first kappa shape index (κ1) is 12.9. The number of nitrogens with one attached hydrogen (secondary N) is 1. The number of hydrogen-bond donors (Lipinski definition) is 1. The van der Waals surface area contributed by atoms with E-state index in [9.17, 15) is 4.39 Å². The number of halogens is 1.